The number of aromatic amines is 1. The Morgan fingerprint density at radius 1 is 1.43 bits per heavy atom. The fourth-order valence-corrected chi connectivity index (χ4v) is 4.17. The standard InChI is InChI=1S/C13H24N4O2S2/c1-3-5-9-17-12(14-15-13(17)20)11-7-6-8-16(10-11)21(18,19)4-2/h11H,3-10H2,1-2H3,(H,15,20)/t11-/m0/s1. The van der Waals surface area contributed by atoms with Crippen molar-refractivity contribution in [3.05, 3.63) is 10.6 Å². The molecule has 21 heavy (non-hydrogen) atoms. The average molecular weight is 332 g/mol. The Balaban J connectivity index is 2.20. The first-order chi connectivity index (χ1) is 9.99. The van der Waals surface area contributed by atoms with Crippen molar-refractivity contribution >= 4 is 22.2 Å². The Hall–Kier alpha value is -0.730. The van der Waals surface area contributed by atoms with E-state index in [1.54, 1.807) is 11.2 Å². The smallest absolute Gasteiger partial charge is 0.213 e. The van der Waals surface area contributed by atoms with Gasteiger partial charge in [-0.25, -0.2) is 12.7 Å². The van der Waals surface area contributed by atoms with Crippen LogP contribution in [0.2, 0.25) is 0 Å². The summed E-state index contributed by atoms with van der Waals surface area (Å²) in [5.74, 6) is 1.19. The third-order valence-corrected chi connectivity index (χ3v) is 6.19. The number of hydrogen-bond donors (Lipinski definition) is 1. The summed E-state index contributed by atoms with van der Waals surface area (Å²) in [6.45, 7) is 5.81. The van der Waals surface area contributed by atoms with E-state index in [-0.39, 0.29) is 11.7 Å². The fourth-order valence-electron chi connectivity index (χ4n) is 2.76. The molecule has 0 saturated carbocycles. The third-order valence-electron chi connectivity index (χ3n) is 4.03. The van der Waals surface area contributed by atoms with Gasteiger partial charge < -0.3 is 4.57 Å². The van der Waals surface area contributed by atoms with Gasteiger partial charge in [-0.15, -0.1) is 0 Å². The molecule has 0 spiro atoms. The highest BCUT2D eigenvalue weighted by atomic mass is 32.2. The lowest BCUT2D eigenvalue weighted by Crippen LogP contribution is -2.40. The number of nitrogens with one attached hydrogen (secondary N) is 1. The summed E-state index contributed by atoms with van der Waals surface area (Å²) < 4.78 is 28.4. The van der Waals surface area contributed by atoms with Crippen LogP contribution in [0.1, 0.15) is 51.3 Å². The maximum absolute atomic E-state index is 12.1. The van der Waals surface area contributed by atoms with Gasteiger partial charge in [-0.3, -0.25) is 5.10 Å². The number of rotatable bonds is 6. The predicted octanol–water partition coefficient (Wildman–Crippen LogP) is 2.27. The predicted molar refractivity (Wildman–Crippen MR) is 85.3 cm³/mol. The monoisotopic (exact) mass is 332 g/mol. The van der Waals surface area contributed by atoms with E-state index in [0.717, 1.165) is 38.1 Å². The molecule has 0 aromatic carbocycles. The van der Waals surface area contributed by atoms with Gasteiger partial charge in [0.1, 0.15) is 5.82 Å². The van der Waals surface area contributed by atoms with Crippen molar-refractivity contribution in [2.45, 2.75) is 52.0 Å². The van der Waals surface area contributed by atoms with Gasteiger partial charge in [0.2, 0.25) is 10.0 Å². The van der Waals surface area contributed by atoms with Crippen LogP contribution in [-0.4, -0.2) is 46.3 Å². The van der Waals surface area contributed by atoms with E-state index in [2.05, 4.69) is 17.1 Å². The number of sulfonamides is 1. The molecule has 2 rings (SSSR count). The minimum Gasteiger partial charge on any atom is -0.304 e. The lowest BCUT2D eigenvalue weighted by molar-refractivity contribution is 0.304. The van der Waals surface area contributed by atoms with Crippen molar-refractivity contribution < 1.29 is 8.42 Å². The largest absolute Gasteiger partial charge is 0.304 e. The third kappa shape index (κ3) is 3.73. The van der Waals surface area contributed by atoms with Crippen molar-refractivity contribution in [1.82, 2.24) is 19.1 Å². The maximum Gasteiger partial charge on any atom is 0.213 e. The summed E-state index contributed by atoms with van der Waals surface area (Å²) in [6, 6.07) is 0. The summed E-state index contributed by atoms with van der Waals surface area (Å²) >= 11 is 5.29. The first kappa shape index (κ1) is 16.6. The van der Waals surface area contributed by atoms with Crippen LogP contribution in [0.15, 0.2) is 0 Å². The summed E-state index contributed by atoms with van der Waals surface area (Å²) in [4.78, 5) is 0. The van der Waals surface area contributed by atoms with E-state index < -0.39 is 10.0 Å². The average Bonchev–Trinajstić information content (AvgIpc) is 2.86. The van der Waals surface area contributed by atoms with Gasteiger partial charge in [-0.2, -0.15) is 5.10 Å². The highest BCUT2D eigenvalue weighted by molar-refractivity contribution is 7.89. The van der Waals surface area contributed by atoms with E-state index >= 15 is 0 Å². The summed E-state index contributed by atoms with van der Waals surface area (Å²) in [5, 5.41) is 7.22. The number of aromatic nitrogens is 3. The lowest BCUT2D eigenvalue weighted by Gasteiger charge is -2.31. The van der Waals surface area contributed by atoms with Crippen LogP contribution in [0.3, 0.4) is 0 Å². The molecule has 1 aliphatic rings. The zero-order valence-electron chi connectivity index (χ0n) is 12.7. The number of hydrogen-bond acceptors (Lipinski definition) is 4. The van der Waals surface area contributed by atoms with Gasteiger partial charge >= 0.3 is 0 Å². The van der Waals surface area contributed by atoms with Crippen molar-refractivity contribution in [2.75, 3.05) is 18.8 Å². The van der Waals surface area contributed by atoms with Crippen molar-refractivity contribution in [1.29, 1.82) is 0 Å². The molecule has 1 fully saturated rings. The van der Waals surface area contributed by atoms with Crippen LogP contribution < -0.4 is 0 Å². The maximum atomic E-state index is 12.1. The highest BCUT2D eigenvalue weighted by Crippen LogP contribution is 2.27. The Kier molecular flexibility index (Phi) is 5.56. The molecule has 0 aliphatic carbocycles. The molecule has 0 amide bonds. The zero-order valence-corrected chi connectivity index (χ0v) is 14.3. The number of unbranched alkanes of at least 4 members (excludes halogenated alkanes) is 1. The molecule has 1 saturated heterocycles. The van der Waals surface area contributed by atoms with Gasteiger partial charge in [0.15, 0.2) is 4.77 Å². The molecule has 0 radical (unpaired) electrons. The Morgan fingerprint density at radius 3 is 2.86 bits per heavy atom. The van der Waals surface area contributed by atoms with Crippen LogP contribution in [0.25, 0.3) is 0 Å². The molecule has 1 aromatic heterocycles. The van der Waals surface area contributed by atoms with Crippen molar-refractivity contribution in [3.63, 3.8) is 0 Å². The topological polar surface area (TPSA) is 71.0 Å². The fraction of sp³-hybridized carbons (Fsp3) is 0.846. The number of nitrogens with zero attached hydrogens (tertiary/aromatic N) is 3. The molecule has 0 bridgehead atoms. The highest BCUT2D eigenvalue weighted by Gasteiger charge is 2.30. The second-order valence-electron chi connectivity index (χ2n) is 5.49. The minimum absolute atomic E-state index is 0.130. The van der Waals surface area contributed by atoms with Gasteiger partial charge in [-0.05, 0) is 38.4 Å². The van der Waals surface area contributed by atoms with E-state index in [4.69, 9.17) is 12.2 Å². The normalized spacial score (nSPS) is 20.8. The van der Waals surface area contributed by atoms with Crippen molar-refractivity contribution in [2.24, 2.45) is 0 Å². The quantitative estimate of drug-likeness (QED) is 0.811. The molecule has 2 heterocycles. The van der Waals surface area contributed by atoms with E-state index in [1.807, 2.05) is 4.57 Å². The summed E-state index contributed by atoms with van der Waals surface area (Å²) in [6.07, 6.45) is 3.97. The first-order valence-electron chi connectivity index (χ1n) is 7.62. The van der Waals surface area contributed by atoms with Gasteiger partial charge in [0.05, 0.1) is 5.75 Å². The Morgan fingerprint density at radius 2 is 2.19 bits per heavy atom. The molecular weight excluding hydrogens is 308 g/mol. The summed E-state index contributed by atoms with van der Waals surface area (Å²) in [7, 11) is -3.13. The van der Waals surface area contributed by atoms with Crippen LogP contribution in [0, 0.1) is 4.77 Å². The Bertz CT molecular complexity index is 620. The molecule has 6 nitrogen and oxygen atoms in total. The second-order valence-corrected chi connectivity index (χ2v) is 8.13. The molecule has 0 unspecified atom stereocenters. The Labute approximate surface area is 131 Å². The van der Waals surface area contributed by atoms with Crippen LogP contribution in [-0.2, 0) is 16.6 Å². The molecular formula is C13H24N4O2S2. The molecule has 1 aliphatic heterocycles. The number of piperidine rings is 1. The van der Waals surface area contributed by atoms with E-state index in [1.165, 1.54) is 0 Å². The van der Waals surface area contributed by atoms with E-state index in [9.17, 15) is 8.42 Å². The van der Waals surface area contributed by atoms with Gasteiger partial charge in [0.25, 0.3) is 0 Å². The van der Waals surface area contributed by atoms with Gasteiger partial charge in [0, 0.05) is 25.6 Å². The van der Waals surface area contributed by atoms with Gasteiger partial charge in [-0.1, -0.05) is 13.3 Å². The lowest BCUT2D eigenvalue weighted by atomic mass is 9.99. The van der Waals surface area contributed by atoms with E-state index in [0.29, 0.717) is 17.9 Å². The molecule has 1 aromatic rings. The SMILES string of the molecule is CCCCn1c([C@H]2CCCN(S(=O)(=O)CC)C2)n[nH]c1=S. The first-order valence-corrected chi connectivity index (χ1v) is 9.64. The molecule has 8 heteroatoms. The van der Waals surface area contributed by atoms with Crippen molar-refractivity contribution in [3.8, 4) is 0 Å². The minimum atomic E-state index is -3.13. The van der Waals surface area contributed by atoms with Crippen LogP contribution in [0.4, 0.5) is 0 Å². The summed E-state index contributed by atoms with van der Waals surface area (Å²) in [5.41, 5.74) is 0. The zero-order chi connectivity index (χ0) is 15.5. The number of H-pyrrole nitrogens is 1. The molecule has 1 N–H and O–H groups in total. The van der Waals surface area contributed by atoms with Crippen LogP contribution in [0.5, 0.6) is 0 Å². The van der Waals surface area contributed by atoms with Crippen LogP contribution >= 0.6 is 12.2 Å². The second kappa shape index (κ2) is 7.02. The molecule has 1 atom stereocenters. The molecule has 120 valence electrons.